The molecule has 0 atom stereocenters. The van der Waals surface area contributed by atoms with Crippen LogP contribution in [0.5, 0.6) is 11.5 Å². The first-order chi connectivity index (χ1) is 8.75. The fourth-order valence-electron chi connectivity index (χ4n) is 1.36. The standard InChI is InChI=1S/C8H6N2.C6H6O2/c1-3-7-4-2-6-10-8(7)9-5-1;7-5-1-2-6(8)4-3-5/h1-6H;1-4,7-8H. The summed E-state index contributed by atoms with van der Waals surface area (Å²) in [5.74, 6) is 0.339. The molecule has 0 aliphatic rings. The molecule has 2 N–H and O–H groups in total. The maximum absolute atomic E-state index is 8.65. The number of benzene rings is 1. The number of hydrogen-bond donors (Lipinski definition) is 2. The lowest BCUT2D eigenvalue weighted by molar-refractivity contribution is 0.460. The van der Waals surface area contributed by atoms with Crippen LogP contribution in [-0.2, 0) is 0 Å². The van der Waals surface area contributed by atoms with Gasteiger partial charge in [-0.2, -0.15) is 0 Å². The SMILES string of the molecule is Oc1ccc(O)cc1.c1cnc2ncccc2c1. The number of fused-ring (bicyclic) bond motifs is 1. The zero-order valence-electron chi connectivity index (χ0n) is 9.56. The monoisotopic (exact) mass is 240 g/mol. The average Bonchev–Trinajstić information content (AvgIpc) is 2.43. The minimum atomic E-state index is 0.169. The van der Waals surface area contributed by atoms with Crippen LogP contribution in [0.3, 0.4) is 0 Å². The third-order valence-electron chi connectivity index (χ3n) is 2.23. The van der Waals surface area contributed by atoms with Crippen molar-refractivity contribution in [3.8, 4) is 11.5 Å². The van der Waals surface area contributed by atoms with E-state index in [0.717, 1.165) is 11.0 Å². The van der Waals surface area contributed by atoms with Gasteiger partial charge in [0.15, 0.2) is 5.65 Å². The molecule has 3 rings (SSSR count). The maximum atomic E-state index is 8.65. The molecule has 0 aliphatic carbocycles. The first-order valence-electron chi connectivity index (χ1n) is 5.39. The summed E-state index contributed by atoms with van der Waals surface area (Å²) in [7, 11) is 0. The lowest BCUT2D eigenvalue weighted by atomic mass is 10.3. The van der Waals surface area contributed by atoms with Gasteiger partial charge in [0.25, 0.3) is 0 Å². The molecular weight excluding hydrogens is 228 g/mol. The Morgan fingerprint density at radius 2 is 1.11 bits per heavy atom. The summed E-state index contributed by atoms with van der Waals surface area (Å²) < 4.78 is 0. The van der Waals surface area contributed by atoms with Gasteiger partial charge < -0.3 is 10.2 Å². The number of aromatic hydroxyl groups is 2. The van der Waals surface area contributed by atoms with Crippen molar-refractivity contribution in [1.29, 1.82) is 0 Å². The van der Waals surface area contributed by atoms with Gasteiger partial charge in [0.1, 0.15) is 11.5 Å². The highest BCUT2D eigenvalue weighted by molar-refractivity contribution is 5.73. The Morgan fingerprint density at radius 1 is 0.667 bits per heavy atom. The highest BCUT2D eigenvalue weighted by Gasteiger charge is 1.88. The van der Waals surface area contributed by atoms with Crippen LogP contribution in [-0.4, -0.2) is 20.2 Å². The van der Waals surface area contributed by atoms with Crippen LogP contribution in [0, 0.1) is 0 Å². The van der Waals surface area contributed by atoms with Crippen molar-refractivity contribution in [2.45, 2.75) is 0 Å². The molecule has 90 valence electrons. The van der Waals surface area contributed by atoms with Crippen molar-refractivity contribution in [3.05, 3.63) is 60.9 Å². The molecule has 0 amide bonds. The number of aromatic nitrogens is 2. The second-order valence-corrected chi connectivity index (χ2v) is 3.57. The van der Waals surface area contributed by atoms with Crippen LogP contribution in [0.15, 0.2) is 60.9 Å². The van der Waals surface area contributed by atoms with Gasteiger partial charge in [-0.05, 0) is 48.5 Å². The number of phenols is 2. The van der Waals surface area contributed by atoms with E-state index in [1.165, 1.54) is 24.3 Å². The fraction of sp³-hybridized carbons (Fsp3) is 0. The van der Waals surface area contributed by atoms with Gasteiger partial charge in [-0.1, -0.05) is 0 Å². The van der Waals surface area contributed by atoms with Gasteiger partial charge in [-0.3, -0.25) is 0 Å². The van der Waals surface area contributed by atoms with E-state index in [9.17, 15) is 0 Å². The van der Waals surface area contributed by atoms with Crippen molar-refractivity contribution in [3.63, 3.8) is 0 Å². The van der Waals surface area contributed by atoms with Crippen LogP contribution in [0.4, 0.5) is 0 Å². The molecule has 0 saturated carbocycles. The summed E-state index contributed by atoms with van der Waals surface area (Å²) >= 11 is 0. The molecule has 2 aromatic heterocycles. The normalized spacial score (nSPS) is 9.56. The van der Waals surface area contributed by atoms with E-state index in [0.29, 0.717) is 0 Å². The third-order valence-corrected chi connectivity index (χ3v) is 2.23. The zero-order chi connectivity index (χ0) is 12.8. The number of pyridine rings is 2. The van der Waals surface area contributed by atoms with Crippen molar-refractivity contribution >= 4 is 11.0 Å². The molecule has 0 radical (unpaired) electrons. The summed E-state index contributed by atoms with van der Waals surface area (Å²) in [4.78, 5) is 8.14. The molecule has 2 heterocycles. The predicted molar refractivity (Wildman–Crippen MR) is 69.3 cm³/mol. The first-order valence-corrected chi connectivity index (χ1v) is 5.39. The van der Waals surface area contributed by atoms with Crippen molar-refractivity contribution in [2.24, 2.45) is 0 Å². The molecule has 0 spiro atoms. The van der Waals surface area contributed by atoms with Gasteiger partial charge in [0.05, 0.1) is 0 Å². The van der Waals surface area contributed by atoms with Gasteiger partial charge in [-0.25, -0.2) is 9.97 Å². The minimum Gasteiger partial charge on any atom is -0.508 e. The molecule has 0 unspecified atom stereocenters. The van der Waals surface area contributed by atoms with Crippen LogP contribution in [0.2, 0.25) is 0 Å². The van der Waals surface area contributed by atoms with Crippen LogP contribution < -0.4 is 0 Å². The molecule has 4 nitrogen and oxygen atoms in total. The fourth-order valence-corrected chi connectivity index (χ4v) is 1.36. The number of nitrogens with zero attached hydrogens (tertiary/aromatic N) is 2. The van der Waals surface area contributed by atoms with Gasteiger partial charge >= 0.3 is 0 Å². The molecule has 0 fully saturated rings. The molecule has 0 bridgehead atoms. The Bertz CT molecular complexity index is 538. The Morgan fingerprint density at radius 3 is 1.50 bits per heavy atom. The highest BCUT2D eigenvalue weighted by atomic mass is 16.3. The minimum absolute atomic E-state index is 0.169. The zero-order valence-corrected chi connectivity index (χ0v) is 9.56. The second-order valence-electron chi connectivity index (χ2n) is 3.57. The lowest BCUT2D eigenvalue weighted by Crippen LogP contribution is -1.78. The molecular formula is C14H12N2O2. The maximum Gasteiger partial charge on any atom is 0.159 e. The van der Waals surface area contributed by atoms with E-state index in [1.807, 2.05) is 24.3 Å². The summed E-state index contributed by atoms with van der Waals surface area (Å²) in [5.41, 5.74) is 0.810. The smallest absolute Gasteiger partial charge is 0.159 e. The Balaban J connectivity index is 0.000000138. The number of hydrogen-bond acceptors (Lipinski definition) is 4. The highest BCUT2D eigenvalue weighted by Crippen LogP contribution is 2.13. The quantitative estimate of drug-likeness (QED) is 0.593. The summed E-state index contributed by atoms with van der Waals surface area (Å²) in [6.07, 6.45) is 3.49. The molecule has 0 aliphatic heterocycles. The molecule has 1 aromatic carbocycles. The van der Waals surface area contributed by atoms with E-state index in [1.54, 1.807) is 12.4 Å². The van der Waals surface area contributed by atoms with E-state index >= 15 is 0 Å². The van der Waals surface area contributed by atoms with E-state index in [-0.39, 0.29) is 11.5 Å². The number of phenolic OH excluding ortho intramolecular Hbond substituents is 2. The van der Waals surface area contributed by atoms with E-state index in [4.69, 9.17) is 10.2 Å². The van der Waals surface area contributed by atoms with E-state index in [2.05, 4.69) is 9.97 Å². The third kappa shape index (κ3) is 3.18. The Kier molecular flexibility index (Phi) is 3.71. The summed E-state index contributed by atoms with van der Waals surface area (Å²) in [5, 5.41) is 18.4. The van der Waals surface area contributed by atoms with Gasteiger partial charge in [0.2, 0.25) is 0 Å². The predicted octanol–water partition coefficient (Wildman–Crippen LogP) is 2.73. The molecule has 18 heavy (non-hydrogen) atoms. The number of rotatable bonds is 0. The topological polar surface area (TPSA) is 66.2 Å². The first kappa shape index (κ1) is 11.9. The Labute approximate surface area is 104 Å². The largest absolute Gasteiger partial charge is 0.508 e. The lowest BCUT2D eigenvalue weighted by Gasteiger charge is -1.90. The summed E-state index contributed by atoms with van der Waals surface area (Å²) in [6.45, 7) is 0. The van der Waals surface area contributed by atoms with Crippen molar-refractivity contribution in [1.82, 2.24) is 9.97 Å². The van der Waals surface area contributed by atoms with Crippen LogP contribution >= 0.6 is 0 Å². The van der Waals surface area contributed by atoms with Crippen LogP contribution in [0.1, 0.15) is 0 Å². The van der Waals surface area contributed by atoms with Gasteiger partial charge in [-0.15, -0.1) is 0 Å². The second kappa shape index (κ2) is 5.63. The average molecular weight is 240 g/mol. The molecule has 4 heteroatoms. The Hall–Kier alpha value is -2.62. The van der Waals surface area contributed by atoms with Crippen molar-refractivity contribution < 1.29 is 10.2 Å². The van der Waals surface area contributed by atoms with Crippen molar-refractivity contribution in [2.75, 3.05) is 0 Å². The van der Waals surface area contributed by atoms with E-state index < -0.39 is 0 Å². The van der Waals surface area contributed by atoms with Crippen LogP contribution in [0.25, 0.3) is 11.0 Å². The summed E-state index contributed by atoms with van der Waals surface area (Å²) in [6, 6.07) is 13.5. The molecule has 0 saturated heterocycles. The molecule has 3 aromatic rings. The van der Waals surface area contributed by atoms with Gasteiger partial charge in [0, 0.05) is 17.8 Å².